The molecule has 31 heavy (non-hydrogen) atoms. The van der Waals surface area contributed by atoms with E-state index in [-0.39, 0.29) is 11.9 Å². The Hall–Kier alpha value is -2.47. The standard InChI is InChI=1S/C25H34N4O2/c1-18-20(25(30)28-21-12-6-7-14-23(21)31-2)16-26-24(27-18)22-13-8-9-15-29(22)17-19-10-4-3-5-11-19/h6-7,12,14,16,19,22H,3-5,8-11,13,15,17H2,1-2H3,(H,28,30)/t22-/m0/s1. The second-order valence-electron chi connectivity index (χ2n) is 8.89. The molecule has 0 spiro atoms. The minimum atomic E-state index is -0.212. The van der Waals surface area contributed by atoms with Crippen molar-refractivity contribution < 1.29 is 9.53 Å². The molecule has 1 aromatic carbocycles. The first kappa shape index (κ1) is 21.8. The number of nitrogens with zero attached hydrogens (tertiary/aromatic N) is 3. The second kappa shape index (κ2) is 10.2. The van der Waals surface area contributed by atoms with E-state index < -0.39 is 0 Å². The molecule has 1 aliphatic heterocycles. The number of ether oxygens (including phenoxy) is 1. The van der Waals surface area contributed by atoms with Crippen LogP contribution in [0.4, 0.5) is 5.69 Å². The van der Waals surface area contributed by atoms with Crippen molar-refractivity contribution in [3.8, 4) is 5.75 Å². The third-order valence-electron chi connectivity index (χ3n) is 6.73. The highest BCUT2D eigenvalue weighted by molar-refractivity contribution is 6.05. The van der Waals surface area contributed by atoms with Crippen LogP contribution in [0.2, 0.25) is 0 Å². The number of rotatable bonds is 6. The van der Waals surface area contributed by atoms with Gasteiger partial charge in [0.2, 0.25) is 0 Å². The van der Waals surface area contributed by atoms with Gasteiger partial charge >= 0.3 is 0 Å². The minimum Gasteiger partial charge on any atom is -0.495 e. The first-order valence-corrected chi connectivity index (χ1v) is 11.7. The number of methoxy groups -OCH3 is 1. The van der Waals surface area contributed by atoms with Gasteiger partial charge in [0.1, 0.15) is 11.6 Å². The van der Waals surface area contributed by atoms with Crippen molar-refractivity contribution in [2.24, 2.45) is 5.92 Å². The minimum absolute atomic E-state index is 0.212. The molecule has 1 N–H and O–H groups in total. The third-order valence-corrected chi connectivity index (χ3v) is 6.73. The van der Waals surface area contributed by atoms with E-state index in [1.54, 1.807) is 13.3 Å². The highest BCUT2D eigenvalue weighted by Crippen LogP contribution is 2.33. The summed E-state index contributed by atoms with van der Waals surface area (Å²) in [5, 5.41) is 2.93. The second-order valence-corrected chi connectivity index (χ2v) is 8.89. The lowest BCUT2D eigenvalue weighted by molar-refractivity contribution is 0.102. The molecule has 0 radical (unpaired) electrons. The molecule has 0 bridgehead atoms. The van der Waals surface area contributed by atoms with Crippen LogP contribution in [0, 0.1) is 12.8 Å². The van der Waals surface area contributed by atoms with E-state index in [1.807, 2.05) is 31.2 Å². The zero-order valence-corrected chi connectivity index (χ0v) is 18.8. The van der Waals surface area contributed by atoms with Crippen LogP contribution >= 0.6 is 0 Å². The molecule has 4 rings (SSSR count). The highest BCUT2D eigenvalue weighted by atomic mass is 16.5. The molecule has 2 fully saturated rings. The molecule has 1 saturated heterocycles. The average Bonchev–Trinajstić information content (AvgIpc) is 2.80. The predicted octanol–water partition coefficient (Wildman–Crippen LogP) is 5.15. The van der Waals surface area contributed by atoms with Gasteiger partial charge in [-0.15, -0.1) is 0 Å². The van der Waals surface area contributed by atoms with Crippen molar-refractivity contribution in [3.63, 3.8) is 0 Å². The van der Waals surface area contributed by atoms with Gasteiger partial charge in [0.25, 0.3) is 5.91 Å². The van der Waals surface area contributed by atoms with Gasteiger partial charge in [0.15, 0.2) is 0 Å². The van der Waals surface area contributed by atoms with Crippen LogP contribution in [0.3, 0.4) is 0 Å². The van der Waals surface area contributed by atoms with Gasteiger partial charge in [-0.25, -0.2) is 9.97 Å². The summed E-state index contributed by atoms with van der Waals surface area (Å²) in [7, 11) is 1.59. The van der Waals surface area contributed by atoms with Gasteiger partial charge in [-0.05, 0) is 57.2 Å². The Labute approximate surface area is 185 Å². The number of hydrogen-bond donors (Lipinski definition) is 1. The Bertz CT molecular complexity index is 895. The van der Waals surface area contributed by atoms with Gasteiger partial charge in [-0.1, -0.05) is 37.8 Å². The maximum absolute atomic E-state index is 12.9. The predicted molar refractivity (Wildman–Crippen MR) is 122 cm³/mol. The molecule has 6 nitrogen and oxygen atoms in total. The van der Waals surface area contributed by atoms with E-state index in [0.29, 0.717) is 17.0 Å². The Balaban J connectivity index is 1.48. The lowest BCUT2D eigenvalue weighted by Crippen LogP contribution is -2.38. The number of carbonyl (C=O) groups is 1. The molecule has 2 aromatic rings. The number of para-hydroxylation sites is 2. The summed E-state index contributed by atoms with van der Waals surface area (Å²) < 4.78 is 5.33. The first-order valence-electron chi connectivity index (χ1n) is 11.7. The molecule has 1 aromatic heterocycles. The fourth-order valence-corrected chi connectivity index (χ4v) is 5.01. The van der Waals surface area contributed by atoms with Crippen LogP contribution in [0.25, 0.3) is 0 Å². The van der Waals surface area contributed by atoms with Gasteiger partial charge in [-0.2, -0.15) is 0 Å². The molecule has 0 unspecified atom stereocenters. The highest BCUT2D eigenvalue weighted by Gasteiger charge is 2.29. The third kappa shape index (κ3) is 5.24. The number of piperidine rings is 1. The zero-order valence-electron chi connectivity index (χ0n) is 18.8. The van der Waals surface area contributed by atoms with E-state index in [9.17, 15) is 4.79 Å². The number of aromatic nitrogens is 2. The number of amides is 1. The number of likely N-dealkylation sites (tertiary alicyclic amines) is 1. The summed E-state index contributed by atoms with van der Waals surface area (Å²) in [5.41, 5.74) is 1.87. The Morgan fingerprint density at radius 2 is 1.90 bits per heavy atom. The van der Waals surface area contributed by atoms with Crippen molar-refractivity contribution in [1.29, 1.82) is 0 Å². The fourth-order valence-electron chi connectivity index (χ4n) is 5.01. The van der Waals surface area contributed by atoms with Gasteiger partial charge in [0, 0.05) is 12.7 Å². The zero-order chi connectivity index (χ0) is 21.6. The van der Waals surface area contributed by atoms with E-state index in [2.05, 4.69) is 15.2 Å². The summed E-state index contributed by atoms with van der Waals surface area (Å²) in [6, 6.07) is 7.66. The van der Waals surface area contributed by atoms with E-state index in [4.69, 9.17) is 9.72 Å². The lowest BCUT2D eigenvalue weighted by atomic mass is 9.87. The van der Waals surface area contributed by atoms with Gasteiger partial charge in [-0.3, -0.25) is 9.69 Å². The number of hydrogen-bond acceptors (Lipinski definition) is 5. The molecule has 6 heteroatoms. The maximum Gasteiger partial charge on any atom is 0.259 e. The molecule has 166 valence electrons. The van der Waals surface area contributed by atoms with E-state index >= 15 is 0 Å². The summed E-state index contributed by atoms with van der Waals surface area (Å²) in [5.74, 6) is 2.09. The summed E-state index contributed by atoms with van der Waals surface area (Å²) in [4.78, 5) is 24.9. The summed E-state index contributed by atoms with van der Waals surface area (Å²) >= 11 is 0. The van der Waals surface area contributed by atoms with Crippen LogP contribution in [0.1, 0.15) is 79.3 Å². The number of nitrogens with one attached hydrogen (secondary N) is 1. The van der Waals surface area contributed by atoms with E-state index in [0.717, 1.165) is 36.9 Å². The summed E-state index contributed by atoms with van der Waals surface area (Å²) in [6.45, 7) is 4.18. The van der Waals surface area contributed by atoms with Crippen molar-refractivity contribution in [2.45, 2.75) is 64.3 Å². The number of aryl methyl sites for hydroxylation is 1. The molecular formula is C25H34N4O2. The topological polar surface area (TPSA) is 67.3 Å². The largest absolute Gasteiger partial charge is 0.495 e. The maximum atomic E-state index is 12.9. The van der Waals surface area contributed by atoms with Gasteiger partial charge in [0.05, 0.1) is 30.1 Å². The van der Waals surface area contributed by atoms with Crippen LogP contribution in [-0.4, -0.2) is 41.0 Å². The molecule has 1 saturated carbocycles. The number of carbonyl (C=O) groups excluding carboxylic acids is 1. The molecule has 1 atom stereocenters. The molecule has 1 amide bonds. The van der Waals surface area contributed by atoms with Crippen LogP contribution in [0.15, 0.2) is 30.5 Å². The van der Waals surface area contributed by atoms with E-state index in [1.165, 1.54) is 44.9 Å². The first-order chi connectivity index (χ1) is 15.2. The number of benzene rings is 1. The average molecular weight is 423 g/mol. The lowest BCUT2D eigenvalue weighted by Gasteiger charge is -2.38. The van der Waals surface area contributed by atoms with Crippen molar-refractivity contribution >= 4 is 11.6 Å². The summed E-state index contributed by atoms with van der Waals surface area (Å²) in [6.07, 6.45) is 12.1. The molecule has 1 aliphatic carbocycles. The monoisotopic (exact) mass is 422 g/mol. The SMILES string of the molecule is COc1ccccc1NC(=O)c1cnc([C@@H]2CCCCN2CC2CCCCC2)nc1C. The van der Waals surface area contributed by atoms with Crippen molar-refractivity contribution in [3.05, 3.63) is 47.5 Å². The molecular weight excluding hydrogens is 388 g/mol. The quantitative estimate of drug-likeness (QED) is 0.697. The fraction of sp³-hybridized carbons (Fsp3) is 0.560. The Morgan fingerprint density at radius 1 is 1.13 bits per heavy atom. The van der Waals surface area contributed by atoms with Crippen LogP contribution in [-0.2, 0) is 0 Å². The normalized spacial score (nSPS) is 20.4. The molecule has 2 aliphatic rings. The van der Waals surface area contributed by atoms with Gasteiger partial charge < -0.3 is 10.1 Å². The Morgan fingerprint density at radius 3 is 2.68 bits per heavy atom. The van der Waals surface area contributed by atoms with Crippen molar-refractivity contribution in [2.75, 3.05) is 25.5 Å². The smallest absolute Gasteiger partial charge is 0.259 e. The Kier molecular flexibility index (Phi) is 7.17. The molecule has 2 heterocycles. The van der Waals surface area contributed by atoms with Crippen LogP contribution < -0.4 is 10.1 Å². The van der Waals surface area contributed by atoms with Crippen LogP contribution in [0.5, 0.6) is 5.75 Å². The van der Waals surface area contributed by atoms with Crippen molar-refractivity contribution in [1.82, 2.24) is 14.9 Å². The number of anilines is 1.